The first-order chi connectivity index (χ1) is 6.52. The van der Waals surface area contributed by atoms with E-state index < -0.39 is 0 Å². The fourth-order valence-electron chi connectivity index (χ4n) is 1.55. The minimum absolute atomic E-state index is 0.0886. The molecule has 0 heterocycles. The summed E-state index contributed by atoms with van der Waals surface area (Å²) in [6, 6.07) is 0.397. The van der Waals surface area contributed by atoms with Crippen LogP contribution in [0.15, 0.2) is 0 Å². The van der Waals surface area contributed by atoms with Crippen molar-refractivity contribution in [3.8, 4) is 0 Å². The highest BCUT2D eigenvalue weighted by atomic mass is 16.3. The highest BCUT2D eigenvalue weighted by Gasteiger charge is 2.18. The quantitative estimate of drug-likeness (QED) is 0.308. The summed E-state index contributed by atoms with van der Waals surface area (Å²) < 4.78 is 0. The van der Waals surface area contributed by atoms with Gasteiger partial charge in [-0.2, -0.15) is 0 Å². The molecular formula is C9H21N3O2. The third-order valence-electron chi connectivity index (χ3n) is 2.23. The van der Waals surface area contributed by atoms with E-state index in [4.69, 9.17) is 10.9 Å². The van der Waals surface area contributed by atoms with E-state index in [0.717, 1.165) is 0 Å². The summed E-state index contributed by atoms with van der Waals surface area (Å²) in [5.74, 6) is 4.82. The zero-order valence-electron chi connectivity index (χ0n) is 9.16. The van der Waals surface area contributed by atoms with E-state index in [9.17, 15) is 4.79 Å². The number of carbonyl (C=O) groups is 1. The number of nitrogens with two attached hydrogens (primary N) is 1. The fourth-order valence-corrected chi connectivity index (χ4v) is 1.55. The average Bonchev–Trinajstić information content (AvgIpc) is 2.13. The van der Waals surface area contributed by atoms with Crippen LogP contribution < -0.4 is 11.3 Å². The average molecular weight is 203 g/mol. The molecule has 0 aromatic rings. The minimum atomic E-state index is -0.180. The van der Waals surface area contributed by atoms with Crippen LogP contribution in [0, 0.1) is 0 Å². The molecule has 0 bridgehead atoms. The minimum Gasteiger partial charge on any atom is -0.395 e. The lowest BCUT2D eigenvalue weighted by Gasteiger charge is -2.31. The Morgan fingerprint density at radius 2 is 2.07 bits per heavy atom. The second-order valence-electron chi connectivity index (χ2n) is 3.68. The molecule has 4 N–H and O–H groups in total. The van der Waals surface area contributed by atoms with Crippen molar-refractivity contribution >= 4 is 5.91 Å². The topological polar surface area (TPSA) is 78.6 Å². The van der Waals surface area contributed by atoms with Crippen LogP contribution in [0.1, 0.15) is 27.2 Å². The van der Waals surface area contributed by atoms with E-state index in [-0.39, 0.29) is 18.6 Å². The van der Waals surface area contributed by atoms with Gasteiger partial charge in [-0.3, -0.25) is 15.1 Å². The Hall–Kier alpha value is -0.650. The standard InChI is InChI=1S/C9H21N3O2/c1-7(2)12(4-5-13)8(3)6-9(14)11-10/h7-8,13H,4-6,10H2,1-3H3,(H,11,14). The Labute approximate surface area is 85.2 Å². The molecular weight excluding hydrogens is 182 g/mol. The van der Waals surface area contributed by atoms with Gasteiger partial charge in [0.2, 0.25) is 5.91 Å². The molecule has 0 fully saturated rings. The summed E-state index contributed by atoms with van der Waals surface area (Å²) in [5, 5.41) is 8.86. The number of hydrogen-bond acceptors (Lipinski definition) is 4. The maximum Gasteiger partial charge on any atom is 0.235 e. The van der Waals surface area contributed by atoms with Crippen molar-refractivity contribution in [2.75, 3.05) is 13.2 Å². The third-order valence-corrected chi connectivity index (χ3v) is 2.23. The van der Waals surface area contributed by atoms with Crippen molar-refractivity contribution < 1.29 is 9.90 Å². The normalized spacial score (nSPS) is 13.4. The predicted octanol–water partition coefficient (Wildman–Crippen LogP) is -0.542. The molecule has 0 saturated carbocycles. The Morgan fingerprint density at radius 1 is 1.50 bits per heavy atom. The summed E-state index contributed by atoms with van der Waals surface area (Å²) in [6.45, 7) is 6.70. The van der Waals surface area contributed by atoms with Gasteiger partial charge in [0.05, 0.1) is 6.61 Å². The molecule has 0 spiro atoms. The molecule has 1 unspecified atom stereocenters. The van der Waals surface area contributed by atoms with Crippen LogP contribution in [0.25, 0.3) is 0 Å². The van der Waals surface area contributed by atoms with Gasteiger partial charge >= 0.3 is 0 Å². The van der Waals surface area contributed by atoms with Crippen LogP contribution in [0.5, 0.6) is 0 Å². The van der Waals surface area contributed by atoms with Crippen LogP contribution >= 0.6 is 0 Å². The summed E-state index contributed by atoms with van der Waals surface area (Å²) >= 11 is 0. The number of aliphatic hydroxyl groups excluding tert-OH is 1. The molecule has 0 rings (SSSR count). The second kappa shape index (κ2) is 6.75. The summed E-state index contributed by atoms with van der Waals surface area (Å²) in [7, 11) is 0. The molecule has 0 aromatic heterocycles. The van der Waals surface area contributed by atoms with Crippen molar-refractivity contribution in [1.29, 1.82) is 0 Å². The smallest absolute Gasteiger partial charge is 0.235 e. The number of hydrogen-bond donors (Lipinski definition) is 3. The van der Waals surface area contributed by atoms with E-state index in [0.29, 0.717) is 19.0 Å². The number of amides is 1. The number of hydrazine groups is 1. The van der Waals surface area contributed by atoms with Crippen LogP contribution in [-0.4, -0.2) is 41.1 Å². The Kier molecular flexibility index (Phi) is 6.44. The van der Waals surface area contributed by atoms with Crippen LogP contribution in [0.2, 0.25) is 0 Å². The van der Waals surface area contributed by atoms with Crippen molar-refractivity contribution in [1.82, 2.24) is 10.3 Å². The van der Waals surface area contributed by atoms with E-state index in [1.165, 1.54) is 0 Å². The molecule has 0 aromatic carbocycles. The third kappa shape index (κ3) is 4.55. The van der Waals surface area contributed by atoms with Crippen LogP contribution in [0.3, 0.4) is 0 Å². The molecule has 0 aliphatic heterocycles. The summed E-state index contributed by atoms with van der Waals surface area (Å²) in [5.41, 5.74) is 2.10. The lowest BCUT2D eigenvalue weighted by atomic mass is 10.1. The van der Waals surface area contributed by atoms with Crippen molar-refractivity contribution in [3.63, 3.8) is 0 Å². The van der Waals surface area contributed by atoms with E-state index >= 15 is 0 Å². The molecule has 0 aliphatic carbocycles. The monoisotopic (exact) mass is 203 g/mol. The maximum absolute atomic E-state index is 11.0. The van der Waals surface area contributed by atoms with Crippen LogP contribution in [-0.2, 0) is 4.79 Å². The zero-order valence-corrected chi connectivity index (χ0v) is 9.16. The maximum atomic E-state index is 11.0. The molecule has 5 nitrogen and oxygen atoms in total. The van der Waals surface area contributed by atoms with Crippen molar-refractivity contribution in [3.05, 3.63) is 0 Å². The second-order valence-corrected chi connectivity index (χ2v) is 3.68. The molecule has 0 aliphatic rings. The largest absolute Gasteiger partial charge is 0.395 e. The molecule has 5 heteroatoms. The van der Waals surface area contributed by atoms with Gasteiger partial charge in [0, 0.05) is 25.0 Å². The Bertz CT molecular complexity index is 173. The van der Waals surface area contributed by atoms with Crippen LogP contribution in [0.4, 0.5) is 0 Å². The first-order valence-electron chi connectivity index (χ1n) is 4.89. The first-order valence-corrected chi connectivity index (χ1v) is 4.89. The van der Waals surface area contributed by atoms with Gasteiger partial charge in [-0.1, -0.05) is 0 Å². The molecule has 0 saturated heterocycles. The van der Waals surface area contributed by atoms with E-state index in [1.807, 2.05) is 20.8 Å². The van der Waals surface area contributed by atoms with Crippen molar-refractivity contribution in [2.45, 2.75) is 39.3 Å². The van der Waals surface area contributed by atoms with Gasteiger partial charge in [-0.15, -0.1) is 0 Å². The highest BCUT2D eigenvalue weighted by molar-refractivity contribution is 5.75. The fraction of sp³-hybridized carbons (Fsp3) is 0.889. The van der Waals surface area contributed by atoms with E-state index in [1.54, 1.807) is 0 Å². The van der Waals surface area contributed by atoms with Crippen molar-refractivity contribution in [2.24, 2.45) is 5.84 Å². The molecule has 1 atom stereocenters. The van der Waals surface area contributed by atoms with Gasteiger partial charge in [-0.05, 0) is 20.8 Å². The Morgan fingerprint density at radius 3 is 2.43 bits per heavy atom. The summed E-state index contributed by atoms with van der Waals surface area (Å²) in [4.78, 5) is 13.1. The number of nitrogens with one attached hydrogen (secondary N) is 1. The van der Waals surface area contributed by atoms with E-state index in [2.05, 4.69) is 10.3 Å². The van der Waals surface area contributed by atoms with Gasteiger partial charge in [0.1, 0.15) is 0 Å². The lowest BCUT2D eigenvalue weighted by Crippen LogP contribution is -2.44. The molecule has 14 heavy (non-hydrogen) atoms. The number of rotatable bonds is 6. The number of nitrogens with zero attached hydrogens (tertiary/aromatic N) is 1. The first kappa shape index (κ1) is 13.4. The Balaban J connectivity index is 4.14. The number of carbonyl (C=O) groups excluding carboxylic acids is 1. The lowest BCUT2D eigenvalue weighted by molar-refractivity contribution is -0.122. The van der Waals surface area contributed by atoms with Gasteiger partial charge in [0.25, 0.3) is 0 Å². The van der Waals surface area contributed by atoms with Gasteiger partial charge < -0.3 is 5.11 Å². The predicted molar refractivity (Wildman–Crippen MR) is 55.3 cm³/mol. The van der Waals surface area contributed by atoms with Gasteiger partial charge in [-0.25, -0.2) is 5.84 Å². The molecule has 84 valence electrons. The summed E-state index contributed by atoms with van der Waals surface area (Å²) in [6.07, 6.45) is 0.356. The molecule has 0 radical (unpaired) electrons. The zero-order chi connectivity index (χ0) is 11.1. The highest BCUT2D eigenvalue weighted by Crippen LogP contribution is 2.07. The SMILES string of the molecule is CC(C)N(CCO)C(C)CC(=O)NN. The van der Waals surface area contributed by atoms with Gasteiger partial charge in [0.15, 0.2) is 0 Å². The molecule has 1 amide bonds. The number of aliphatic hydroxyl groups is 1.